The maximum absolute atomic E-state index is 7.26. The molecule has 4 aliphatic carbocycles. The predicted molar refractivity (Wildman–Crippen MR) is 175 cm³/mol. The Morgan fingerprint density at radius 3 is 1.84 bits per heavy atom. The van der Waals surface area contributed by atoms with E-state index in [4.69, 9.17) is 18.6 Å². The molecule has 2 bridgehead atoms. The summed E-state index contributed by atoms with van der Waals surface area (Å²) in [5, 5.41) is 0.0907. The third-order valence-electron chi connectivity index (χ3n) is 14.4. The highest BCUT2D eigenvalue weighted by Gasteiger charge is 2.75. The average Bonchev–Trinajstić information content (AvgIpc) is 3.68. The normalized spacial score (nSPS) is 43.4. The van der Waals surface area contributed by atoms with Crippen LogP contribution in [0.1, 0.15) is 118 Å². The second kappa shape index (κ2) is 9.47. The van der Waals surface area contributed by atoms with Gasteiger partial charge in [0.2, 0.25) is 0 Å². The highest BCUT2D eigenvalue weighted by atomic mass is 16.7. The summed E-state index contributed by atoms with van der Waals surface area (Å²) in [6.07, 6.45) is 6.82. The molecule has 0 radical (unpaired) electrons. The molecule has 230 valence electrons. The molecule has 2 aromatic rings. The fourth-order valence-electron chi connectivity index (χ4n) is 10.4. The summed E-state index contributed by atoms with van der Waals surface area (Å²) in [5.41, 5.74) is 1.16. The van der Waals surface area contributed by atoms with Gasteiger partial charge in [0.05, 0.1) is 22.4 Å². The van der Waals surface area contributed by atoms with Crippen molar-refractivity contribution >= 4 is 14.2 Å². The summed E-state index contributed by atoms with van der Waals surface area (Å²) in [7, 11) is -0.439. The maximum atomic E-state index is 7.26. The van der Waals surface area contributed by atoms with Gasteiger partial charge in [-0.2, -0.15) is 0 Å². The third-order valence-corrected chi connectivity index (χ3v) is 14.4. The van der Waals surface area contributed by atoms with E-state index < -0.39 is 22.4 Å². The van der Waals surface area contributed by atoms with Gasteiger partial charge in [-0.05, 0) is 102 Å². The van der Waals surface area contributed by atoms with Crippen LogP contribution in [0.2, 0.25) is 10.6 Å². The van der Waals surface area contributed by atoms with E-state index in [1.807, 2.05) is 0 Å². The van der Waals surface area contributed by atoms with Gasteiger partial charge < -0.3 is 18.6 Å². The fourth-order valence-corrected chi connectivity index (χ4v) is 10.4. The van der Waals surface area contributed by atoms with Crippen molar-refractivity contribution in [2.24, 2.45) is 11.8 Å². The molecule has 4 unspecified atom stereocenters. The Morgan fingerprint density at radius 1 is 0.744 bits per heavy atom. The Kier molecular flexibility index (Phi) is 6.63. The van der Waals surface area contributed by atoms with Gasteiger partial charge in [-0.25, -0.2) is 0 Å². The minimum absolute atomic E-state index is 0.00322. The minimum atomic E-state index is -0.553. The second-order valence-electron chi connectivity index (χ2n) is 16.6. The number of rotatable bonds is 7. The average molecular weight is 582 g/mol. The van der Waals surface area contributed by atoms with Crippen molar-refractivity contribution in [3.8, 4) is 0 Å². The zero-order valence-electron chi connectivity index (χ0n) is 28.0. The van der Waals surface area contributed by atoms with Crippen molar-refractivity contribution in [2.45, 2.75) is 145 Å². The van der Waals surface area contributed by atoms with Gasteiger partial charge in [0.1, 0.15) is 0 Å². The lowest BCUT2D eigenvalue weighted by Gasteiger charge is -2.55. The van der Waals surface area contributed by atoms with E-state index in [2.05, 4.69) is 123 Å². The summed E-state index contributed by atoms with van der Waals surface area (Å²) in [6, 6.07) is 22.1. The van der Waals surface area contributed by atoms with E-state index in [-0.39, 0.29) is 36.2 Å². The molecule has 2 saturated heterocycles. The first-order valence-electron chi connectivity index (χ1n) is 17.0. The zero-order valence-corrected chi connectivity index (χ0v) is 28.0. The molecule has 8 rings (SSSR count). The molecule has 0 N–H and O–H groups in total. The molecule has 2 aliphatic heterocycles. The van der Waals surface area contributed by atoms with E-state index in [9.17, 15) is 0 Å². The lowest BCUT2D eigenvalue weighted by atomic mass is 9.37. The van der Waals surface area contributed by atoms with Crippen LogP contribution in [0, 0.1) is 11.8 Å². The summed E-state index contributed by atoms with van der Waals surface area (Å²) < 4.78 is 28.5. The molecule has 6 atom stereocenters. The molecule has 0 spiro atoms. The van der Waals surface area contributed by atoms with Gasteiger partial charge in [0, 0.05) is 16.5 Å². The highest BCUT2D eigenvalue weighted by molar-refractivity contribution is 6.51. The summed E-state index contributed by atoms with van der Waals surface area (Å²) in [6.45, 7) is 20.5. The van der Waals surface area contributed by atoms with Crippen molar-refractivity contribution in [3.63, 3.8) is 0 Å². The maximum Gasteiger partial charge on any atom is 0.464 e. The molecule has 0 amide bonds. The van der Waals surface area contributed by atoms with Crippen molar-refractivity contribution in [2.75, 3.05) is 0 Å². The van der Waals surface area contributed by atoms with Crippen molar-refractivity contribution < 1.29 is 18.6 Å². The quantitative estimate of drug-likeness (QED) is 0.306. The monoisotopic (exact) mass is 582 g/mol. The smallest absolute Gasteiger partial charge is 0.403 e. The number of hydrogen-bond acceptors (Lipinski definition) is 4. The van der Waals surface area contributed by atoms with Crippen LogP contribution in [0.25, 0.3) is 0 Å². The molecule has 4 saturated carbocycles. The molecule has 0 aromatic heterocycles. The van der Waals surface area contributed by atoms with Gasteiger partial charge in [-0.1, -0.05) is 87.9 Å². The molecule has 4 nitrogen and oxygen atoms in total. The Morgan fingerprint density at radius 2 is 1.28 bits per heavy atom. The highest BCUT2D eigenvalue weighted by Crippen LogP contribution is 2.75. The molecule has 6 fully saturated rings. The first-order chi connectivity index (χ1) is 20.2. The van der Waals surface area contributed by atoms with Crippen LogP contribution >= 0.6 is 0 Å². The lowest BCUT2D eigenvalue weighted by Crippen LogP contribution is -2.62. The fraction of sp³-hybridized carbons (Fsp3) is 0.676. The summed E-state index contributed by atoms with van der Waals surface area (Å²) in [4.78, 5) is 0. The SMILES string of the molecule is CC[C@@]1(B2OC(C)(C)C(C)(C(C)C3(C)OB(C45CCC(c6ccccc6)(C4)C5)OC3(C)C)O2)CC(c2ccccc2)[C@@H]1C. The molecule has 6 heteroatoms. The van der Waals surface area contributed by atoms with Crippen LogP contribution in [-0.4, -0.2) is 36.6 Å². The minimum Gasteiger partial charge on any atom is -0.403 e. The van der Waals surface area contributed by atoms with Gasteiger partial charge in [0.25, 0.3) is 0 Å². The largest absolute Gasteiger partial charge is 0.464 e. The number of hydrogen-bond donors (Lipinski definition) is 0. The van der Waals surface area contributed by atoms with Crippen LogP contribution in [0.3, 0.4) is 0 Å². The molecule has 6 aliphatic rings. The van der Waals surface area contributed by atoms with Crippen LogP contribution in [-0.2, 0) is 24.0 Å². The Balaban J connectivity index is 1.12. The topological polar surface area (TPSA) is 36.9 Å². The van der Waals surface area contributed by atoms with Crippen molar-refractivity contribution in [1.82, 2.24) is 0 Å². The molecular weight excluding hydrogens is 530 g/mol. The van der Waals surface area contributed by atoms with E-state index in [1.165, 1.54) is 17.5 Å². The third kappa shape index (κ3) is 3.91. The summed E-state index contributed by atoms with van der Waals surface area (Å²) >= 11 is 0. The zero-order chi connectivity index (χ0) is 30.7. The Labute approximate surface area is 261 Å². The van der Waals surface area contributed by atoms with Gasteiger partial charge in [-0.3, -0.25) is 0 Å². The van der Waals surface area contributed by atoms with Crippen LogP contribution < -0.4 is 0 Å². The standard InChI is InChI=1S/C37H52B2O4/c1-10-37(23-30(26(37)2)28-17-13-11-14-18-28)39-41-32(6,7)34(9,43-39)27(3)33(8)31(4,5)40-38(42-33)36-22-21-35(24-36,25-36)29-19-15-12-16-20-29/h11-20,26-27,30H,10,21-25H2,1-9H3/t26-,27?,30?,33?,34?,35?,36?,37+/m0/s1. The molecule has 2 heterocycles. The van der Waals surface area contributed by atoms with Crippen molar-refractivity contribution in [1.29, 1.82) is 0 Å². The van der Waals surface area contributed by atoms with Crippen LogP contribution in [0.15, 0.2) is 60.7 Å². The molecule has 43 heavy (non-hydrogen) atoms. The van der Waals surface area contributed by atoms with E-state index >= 15 is 0 Å². The van der Waals surface area contributed by atoms with Crippen LogP contribution in [0.4, 0.5) is 0 Å². The molecule has 2 aromatic carbocycles. The Bertz CT molecular complexity index is 1360. The second-order valence-corrected chi connectivity index (χ2v) is 16.6. The Hall–Kier alpha value is -1.59. The van der Waals surface area contributed by atoms with Gasteiger partial charge >= 0.3 is 14.2 Å². The predicted octanol–water partition coefficient (Wildman–Crippen LogP) is 9.01. The lowest BCUT2D eigenvalue weighted by molar-refractivity contribution is -0.144. The molecular formula is C37H52B2O4. The number of benzene rings is 2. The van der Waals surface area contributed by atoms with Crippen LogP contribution in [0.5, 0.6) is 0 Å². The first kappa shape index (κ1) is 30.1. The first-order valence-corrected chi connectivity index (χ1v) is 17.0. The van der Waals surface area contributed by atoms with Gasteiger partial charge in [-0.15, -0.1) is 0 Å². The van der Waals surface area contributed by atoms with E-state index in [1.54, 1.807) is 0 Å². The summed E-state index contributed by atoms with van der Waals surface area (Å²) in [5.74, 6) is 1.05. The van der Waals surface area contributed by atoms with E-state index in [0.29, 0.717) is 11.8 Å². The number of fused-ring (bicyclic) bond motifs is 1. The van der Waals surface area contributed by atoms with Gasteiger partial charge in [0.15, 0.2) is 0 Å². The van der Waals surface area contributed by atoms with Crippen molar-refractivity contribution in [3.05, 3.63) is 71.8 Å². The van der Waals surface area contributed by atoms with E-state index in [0.717, 1.165) is 32.1 Å².